The molecular weight excluding hydrogens is 496 g/mol. The first-order chi connectivity index (χ1) is 18.7. The minimum Gasteiger partial charge on any atom is -0.481 e. The van der Waals surface area contributed by atoms with Crippen molar-refractivity contribution in [1.29, 1.82) is 0 Å². The second kappa shape index (κ2) is 17.5. The summed E-state index contributed by atoms with van der Waals surface area (Å²) in [5, 5.41) is 31.9. The summed E-state index contributed by atoms with van der Waals surface area (Å²) in [6.45, 7) is 6.58. The standard InChI is InChI=1S/C31H52N2O6/c1-3-5-6-7-8-15-24(14-4-2)16-9-10-17-25(22-27(34)33-21-13-18-26(33)29(37)38)32-30(39)31(23-28(35)36)19-11-12-20-31/h4,9,16,24-26,29,37-38H,2-3,5-8,10-15,17-23H2,1H3,(H,32,39)(H,35,36)/b16-9-/t24?,25-,26-/m0/s1. The number of hydrogen-bond acceptors (Lipinski definition) is 5. The summed E-state index contributed by atoms with van der Waals surface area (Å²) in [5.41, 5.74) is -0.923. The number of likely N-dealkylation sites (tertiary alicyclic amines) is 1. The van der Waals surface area contributed by atoms with Crippen LogP contribution in [0.3, 0.4) is 0 Å². The van der Waals surface area contributed by atoms with Gasteiger partial charge in [-0.15, -0.1) is 6.58 Å². The van der Waals surface area contributed by atoms with Crippen molar-refractivity contribution in [2.75, 3.05) is 6.54 Å². The number of nitrogens with zero attached hydrogens (tertiary/aromatic N) is 1. The first-order valence-corrected chi connectivity index (χ1v) is 15.2. The minimum absolute atomic E-state index is 0.0550. The van der Waals surface area contributed by atoms with Gasteiger partial charge in [-0.2, -0.15) is 0 Å². The van der Waals surface area contributed by atoms with Gasteiger partial charge in [0, 0.05) is 19.0 Å². The molecule has 222 valence electrons. The van der Waals surface area contributed by atoms with Crippen LogP contribution in [0.5, 0.6) is 0 Å². The van der Waals surface area contributed by atoms with Crippen molar-refractivity contribution in [1.82, 2.24) is 10.2 Å². The van der Waals surface area contributed by atoms with E-state index in [2.05, 4.69) is 31.0 Å². The molecule has 2 amide bonds. The quantitative estimate of drug-likeness (QED) is 0.101. The molecule has 3 atom stereocenters. The van der Waals surface area contributed by atoms with E-state index in [0.29, 0.717) is 51.0 Å². The highest BCUT2D eigenvalue weighted by Gasteiger charge is 2.44. The summed E-state index contributed by atoms with van der Waals surface area (Å²) in [6.07, 6.45) is 18.0. The summed E-state index contributed by atoms with van der Waals surface area (Å²) in [5.74, 6) is -1.05. The highest BCUT2D eigenvalue weighted by molar-refractivity contribution is 5.88. The molecule has 1 saturated heterocycles. The van der Waals surface area contributed by atoms with Crippen molar-refractivity contribution < 1.29 is 29.7 Å². The van der Waals surface area contributed by atoms with Crippen LogP contribution in [-0.2, 0) is 14.4 Å². The van der Waals surface area contributed by atoms with Gasteiger partial charge in [0.15, 0.2) is 6.29 Å². The Morgan fingerprint density at radius 2 is 1.79 bits per heavy atom. The molecule has 0 aromatic heterocycles. The zero-order valence-corrected chi connectivity index (χ0v) is 24.0. The molecule has 1 aliphatic carbocycles. The molecule has 2 rings (SSSR count). The number of carbonyl (C=O) groups excluding carboxylic acids is 2. The van der Waals surface area contributed by atoms with Crippen LogP contribution in [0.25, 0.3) is 0 Å². The van der Waals surface area contributed by atoms with E-state index in [-0.39, 0.29) is 24.7 Å². The zero-order chi connectivity index (χ0) is 28.7. The van der Waals surface area contributed by atoms with Crippen LogP contribution < -0.4 is 5.32 Å². The Labute approximate surface area is 234 Å². The lowest BCUT2D eigenvalue weighted by atomic mass is 9.81. The molecule has 0 spiro atoms. The summed E-state index contributed by atoms with van der Waals surface area (Å²) in [6, 6.07) is -1.08. The lowest BCUT2D eigenvalue weighted by Crippen LogP contribution is -2.49. The van der Waals surface area contributed by atoms with E-state index < -0.39 is 29.8 Å². The molecule has 0 aromatic rings. The number of hydrogen-bond donors (Lipinski definition) is 4. The molecule has 1 saturated carbocycles. The largest absolute Gasteiger partial charge is 0.481 e. The van der Waals surface area contributed by atoms with Crippen molar-refractivity contribution in [3.8, 4) is 0 Å². The smallest absolute Gasteiger partial charge is 0.304 e. The average molecular weight is 549 g/mol. The Bertz CT molecular complexity index is 805. The molecule has 1 unspecified atom stereocenters. The third-order valence-corrected chi connectivity index (χ3v) is 8.49. The number of rotatable bonds is 19. The van der Waals surface area contributed by atoms with Gasteiger partial charge < -0.3 is 25.5 Å². The van der Waals surface area contributed by atoms with Crippen LogP contribution in [0.4, 0.5) is 0 Å². The second-order valence-corrected chi connectivity index (χ2v) is 11.6. The summed E-state index contributed by atoms with van der Waals surface area (Å²) >= 11 is 0. The fourth-order valence-electron chi connectivity index (χ4n) is 6.23. The van der Waals surface area contributed by atoms with Crippen molar-refractivity contribution in [2.45, 2.75) is 134 Å². The zero-order valence-electron chi connectivity index (χ0n) is 24.0. The molecule has 0 aromatic carbocycles. The van der Waals surface area contributed by atoms with E-state index in [1.54, 1.807) is 0 Å². The Kier molecular flexibility index (Phi) is 14.8. The topological polar surface area (TPSA) is 127 Å². The molecule has 0 radical (unpaired) electrons. The number of nitrogens with one attached hydrogen (secondary N) is 1. The highest BCUT2D eigenvalue weighted by atomic mass is 16.5. The van der Waals surface area contributed by atoms with Crippen LogP contribution in [-0.4, -0.2) is 62.9 Å². The van der Waals surface area contributed by atoms with Gasteiger partial charge in [-0.25, -0.2) is 0 Å². The molecular formula is C31H52N2O6. The first kappa shape index (κ1) is 33.0. The van der Waals surface area contributed by atoms with Crippen LogP contribution in [0.2, 0.25) is 0 Å². The predicted molar refractivity (Wildman–Crippen MR) is 153 cm³/mol. The van der Waals surface area contributed by atoms with Crippen LogP contribution in [0, 0.1) is 11.3 Å². The normalized spacial score (nSPS) is 20.4. The number of unbranched alkanes of at least 4 members (excludes halogenated alkanes) is 4. The number of amides is 2. The molecule has 2 fully saturated rings. The van der Waals surface area contributed by atoms with Gasteiger partial charge in [-0.3, -0.25) is 14.4 Å². The Hall–Kier alpha value is -2.19. The van der Waals surface area contributed by atoms with Gasteiger partial charge in [0.05, 0.1) is 17.9 Å². The number of carboxylic acid groups (broad SMARTS) is 1. The van der Waals surface area contributed by atoms with Crippen LogP contribution in [0.1, 0.15) is 116 Å². The Morgan fingerprint density at radius 1 is 1.08 bits per heavy atom. The van der Waals surface area contributed by atoms with Crippen molar-refractivity contribution >= 4 is 17.8 Å². The van der Waals surface area contributed by atoms with Crippen molar-refractivity contribution in [2.24, 2.45) is 11.3 Å². The van der Waals surface area contributed by atoms with Gasteiger partial charge in [-0.1, -0.05) is 70.1 Å². The fourth-order valence-corrected chi connectivity index (χ4v) is 6.23. The number of aliphatic hydroxyl groups is 2. The number of carbonyl (C=O) groups is 3. The summed E-state index contributed by atoms with van der Waals surface area (Å²) in [7, 11) is 0. The van der Waals surface area contributed by atoms with Crippen molar-refractivity contribution in [3.63, 3.8) is 0 Å². The molecule has 1 aliphatic heterocycles. The third kappa shape index (κ3) is 11.1. The van der Waals surface area contributed by atoms with E-state index in [4.69, 9.17) is 0 Å². The van der Waals surface area contributed by atoms with E-state index in [9.17, 15) is 29.7 Å². The van der Waals surface area contributed by atoms with Crippen LogP contribution >= 0.6 is 0 Å². The van der Waals surface area contributed by atoms with Gasteiger partial charge in [0.1, 0.15) is 0 Å². The number of aliphatic carboxylic acids is 1. The highest BCUT2D eigenvalue weighted by Crippen LogP contribution is 2.41. The molecule has 39 heavy (non-hydrogen) atoms. The maximum absolute atomic E-state index is 13.4. The van der Waals surface area contributed by atoms with E-state index >= 15 is 0 Å². The number of aliphatic hydroxyl groups excluding tert-OH is 1. The van der Waals surface area contributed by atoms with Gasteiger partial charge in [0.25, 0.3) is 0 Å². The van der Waals surface area contributed by atoms with Crippen LogP contribution in [0.15, 0.2) is 24.8 Å². The van der Waals surface area contributed by atoms with E-state index in [0.717, 1.165) is 25.7 Å². The maximum Gasteiger partial charge on any atom is 0.304 e. The second-order valence-electron chi connectivity index (χ2n) is 11.6. The Balaban J connectivity index is 2.04. The van der Waals surface area contributed by atoms with E-state index in [1.807, 2.05) is 6.08 Å². The lowest BCUT2D eigenvalue weighted by Gasteiger charge is -2.31. The number of allylic oxidation sites excluding steroid dienone is 3. The lowest BCUT2D eigenvalue weighted by molar-refractivity contribution is -0.147. The Morgan fingerprint density at radius 3 is 2.44 bits per heavy atom. The molecule has 0 bridgehead atoms. The molecule has 2 aliphatic rings. The molecule has 8 heteroatoms. The monoisotopic (exact) mass is 548 g/mol. The summed E-state index contributed by atoms with van der Waals surface area (Å²) in [4.78, 5) is 39.6. The number of carboxylic acids is 1. The predicted octanol–water partition coefficient (Wildman–Crippen LogP) is 5.09. The maximum atomic E-state index is 13.4. The van der Waals surface area contributed by atoms with Gasteiger partial charge >= 0.3 is 5.97 Å². The average Bonchev–Trinajstić information content (AvgIpc) is 3.56. The van der Waals surface area contributed by atoms with Gasteiger partial charge in [-0.05, 0) is 57.3 Å². The third-order valence-electron chi connectivity index (χ3n) is 8.49. The SMILES string of the molecule is C=CCC(/C=C\CC[C@@H](CC(=O)N1CCC[C@H]1C(O)O)NC(=O)C1(CC(=O)O)CCCC1)CCCCCCC. The van der Waals surface area contributed by atoms with Gasteiger partial charge in [0.2, 0.25) is 11.8 Å². The molecule has 1 heterocycles. The summed E-state index contributed by atoms with van der Waals surface area (Å²) < 4.78 is 0. The first-order valence-electron chi connectivity index (χ1n) is 15.2. The van der Waals surface area contributed by atoms with E-state index in [1.165, 1.54) is 37.0 Å². The minimum atomic E-state index is -1.59. The fraction of sp³-hybridized carbons (Fsp3) is 0.774. The molecule has 8 nitrogen and oxygen atoms in total. The van der Waals surface area contributed by atoms with Crippen molar-refractivity contribution in [3.05, 3.63) is 24.8 Å². The molecule has 4 N–H and O–H groups in total.